The third-order valence-electron chi connectivity index (χ3n) is 7.53. The lowest BCUT2D eigenvalue weighted by molar-refractivity contribution is -0.177. The quantitative estimate of drug-likeness (QED) is 0.523. The van der Waals surface area contributed by atoms with Gasteiger partial charge in [-0.1, -0.05) is 26.5 Å². The van der Waals surface area contributed by atoms with E-state index in [1.807, 2.05) is 19.9 Å². The van der Waals surface area contributed by atoms with Gasteiger partial charge < -0.3 is 9.47 Å². The lowest BCUT2D eigenvalue weighted by Gasteiger charge is -2.54. The molecule has 5 atom stereocenters. The lowest BCUT2D eigenvalue weighted by atomic mass is 9.51. The summed E-state index contributed by atoms with van der Waals surface area (Å²) in [7, 11) is 0. The largest absolute Gasteiger partial charge is 0.461 e. The molecule has 3 aliphatic rings. The molecule has 3 rings (SSSR count). The summed E-state index contributed by atoms with van der Waals surface area (Å²) in [4.78, 5) is 38.3. The third-order valence-corrected chi connectivity index (χ3v) is 7.53. The molecule has 5 heteroatoms. The molecule has 29 heavy (non-hydrogen) atoms. The van der Waals surface area contributed by atoms with E-state index < -0.39 is 11.5 Å². The van der Waals surface area contributed by atoms with Crippen molar-refractivity contribution in [3.63, 3.8) is 0 Å². The second-order valence-electron chi connectivity index (χ2n) is 9.69. The molecular formula is C24H34O5. The molecule has 0 N–H and O–H groups in total. The van der Waals surface area contributed by atoms with Crippen LogP contribution in [0.15, 0.2) is 23.8 Å². The molecule has 160 valence electrons. The molecule has 0 aromatic heterocycles. The van der Waals surface area contributed by atoms with Crippen LogP contribution in [0.1, 0.15) is 66.7 Å². The molecular weight excluding hydrogens is 368 g/mol. The zero-order chi connectivity index (χ0) is 21.6. The average molecular weight is 403 g/mol. The van der Waals surface area contributed by atoms with Gasteiger partial charge in [0.05, 0.1) is 11.5 Å². The minimum atomic E-state index is -0.801. The molecule has 0 spiro atoms. The van der Waals surface area contributed by atoms with Crippen LogP contribution in [0, 0.1) is 22.7 Å². The Bertz CT molecular complexity index is 761. The highest BCUT2D eigenvalue weighted by atomic mass is 16.5. The molecule has 0 aromatic rings. The highest BCUT2D eigenvalue weighted by Crippen LogP contribution is 2.56. The number of ether oxygens (including phenoxy) is 2. The van der Waals surface area contributed by atoms with Gasteiger partial charge in [-0.05, 0) is 56.4 Å². The number of allylic oxidation sites excluding steroid dienone is 2. The normalized spacial score (nSPS) is 37.0. The number of carbonyl (C=O) groups excluding carboxylic acids is 3. The topological polar surface area (TPSA) is 69.7 Å². The van der Waals surface area contributed by atoms with Crippen LogP contribution >= 0.6 is 0 Å². The average Bonchev–Trinajstić information content (AvgIpc) is 2.92. The van der Waals surface area contributed by atoms with Crippen molar-refractivity contribution in [2.75, 3.05) is 6.61 Å². The van der Waals surface area contributed by atoms with Crippen LogP contribution in [0.5, 0.6) is 0 Å². The second kappa shape index (κ2) is 7.82. The van der Waals surface area contributed by atoms with Crippen molar-refractivity contribution in [1.82, 2.24) is 0 Å². The number of fused-ring (bicyclic) bond motifs is 2. The summed E-state index contributed by atoms with van der Waals surface area (Å²) in [5.74, 6) is -0.465. The van der Waals surface area contributed by atoms with Crippen molar-refractivity contribution < 1.29 is 23.9 Å². The van der Waals surface area contributed by atoms with E-state index in [9.17, 15) is 14.4 Å². The van der Waals surface area contributed by atoms with Gasteiger partial charge in [-0.2, -0.15) is 0 Å². The van der Waals surface area contributed by atoms with Crippen LogP contribution < -0.4 is 0 Å². The monoisotopic (exact) mass is 402 g/mol. The van der Waals surface area contributed by atoms with Gasteiger partial charge in [0.2, 0.25) is 0 Å². The van der Waals surface area contributed by atoms with Crippen LogP contribution in [0.25, 0.3) is 0 Å². The first-order valence-corrected chi connectivity index (χ1v) is 10.8. The number of Topliss-reactive ketones (excluding diaryl/α,β-unsaturated/α-hetero) is 2. The van der Waals surface area contributed by atoms with Crippen molar-refractivity contribution in [3.05, 3.63) is 23.8 Å². The molecule has 0 amide bonds. The molecule has 5 nitrogen and oxygen atoms in total. The Balaban J connectivity index is 2.10. The van der Waals surface area contributed by atoms with Gasteiger partial charge in [0, 0.05) is 31.4 Å². The maximum absolute atomic E-state index is 13.6. The predicted octanol–water partition coefficient (Wildman–Crippen LogP) is 4.20. The number of carbonyl (C=O) groups is 3. The standard InChI is InChI=1S/C24H34O5/c1-7-28-18-13-19-23(4,5)11-10-21(29-15(3)25)24(19,6)20(26)9-8-16-12-17(18)22(27)14(16)2/h12,16,18-19,21H,2,7-11,13H2,1,3-6H3/t16-,18-,19-,21-,24-/m1/s1. The first kappa shape index (κ1) is 21.9. The van der Waals surface area contributed by atoms with Crippen molar-refractivity contribution >= 4 is 17.5 Å². The molecule has 0 heterocycles. The Morgan fingerprint density at radius 2 is 1.93 bits per heavy atom. The van der Waals surface area contributed by atoms with Gasteiger partial charge in [0.25, 0.3) is 0 Å². The number of hydrogen-bond acceptors (Lipinski definition) is 5. The Kier molecular flexibility index (Phi) is 5.92. The third kappa shape index (κ3) is 3.74. The molecule has 0 saturated heterocycles. The molecule has 0 aliphatic heterocycles. The summed E-state index contributed by atoms with van der Waals surface area (Å²) < 4.78 is 11.8. The zero-order valence-corrected chi connectivity index (χ0v) is 18.4. The molecule has 1 fully saturated rings. The number of ketones is 2. The number of esters is 1. The maximum atomic E-state index is 13.6. The highest BCUT2D eigenvalue weighted by Gasteiger charge is 2.58. The van der Waals surface area contributed by atoms with Crippen molar-refractivity contribution in [2.24, 2.45) is 22.7 Å². The lowest BCUT2D eigenvalue weighted by Crippen LogP contribution is -2.57. The smallest absolute Gasteiger partial charge is 0.302 e. The van der Waals surface area contributed by atoms with E-state index >= 15 is 0 Å². The van der Waals surface area contributed by atoms with Gasteiger partial charge in [-0.3, -0.25) is 14.4 Å². The van der Waals surface area contributed by atoms with E-state index in [0.717, 1.165) is 6.42 Å². The van der Waals surface area contributed by atoms with Crippen molar-refractivity contribution in [3.8, 4) is 0 Å². The fourth-order valence-corrected chi connectivity index (χ4v) is 5.85. The SMILES string of the molecule is C=C1C(=O)C2=C[C@H]1CCC(=O)[C@@]1(C)[C@H](C[C@H]2OCC)C(C)(C)CC[C@H]1OC(C)=O. The second-order valence-corrected chi connectivity index (χ2v) is 9.69. The van der Waals surface area contributed by atoms with Crippen LogP contribution in [0.2, 0.25) is 0 Å². The predicted molar refractivity (Wildman–Crippen MR) is 110 cm³/mol. The molecule has 3 aliphatic carbocycles. The molecule has 1 saturated carbocycles. The van der Waals surface area contributed by atoms with E-state index in [0.29, 0.717) is 43.4 Å². The van der Waals surface area contributed by atoms with E-state index in [1.165, 1.54) is 6.92 Å². The summed E-state index contributed by atoms with van der Waals surface area (Å²) in [5.41, 5.74) is 0.297. The molecule has 2 bridgehead atoms. The molecule has 0 unspecified atom stereocenters. The highest BCUT2D eigenvalue weighted by molar-refractivity contribution is 6.11. The number of hydrogen-bond donors (Lipinski definition) is 0. The Hall–Kier alpha value is -1.75. The minimum absolute atomic E-state index is 0.0327. The van der Waals surface area contributed by atoms with Gasteiger partial charge >= 0.3 is 5.97 Å². The van der Waals surface area contributed by atoms with Gasteiger partial charge in [0.1, 0.15) is 11.9 Å². The fraction of sp³-hybridized carbons (Fsp3) is 0.708. The Morgan fingerprint density at radius 1 is 1.24 bits per heavy atom. The fourth-order valence-electron chi connectivity index (χ4n) is 5.85. The minimum Gasteiger partial charge on any atom is -0.461 e. The Morgan fingerprint density at radius 3 is 2.55 bits per heavy atom. The summed E-state index contributed by atoms with van der Waals surface area (Å²) in [5, 5.41) is 0. The Labute approximate surface area is 173 Å². The van der Waals surface area contributed by atoms with E-state index in [-0.39, 0.29) is 40.9 Å². The van der Waals surface area contributed by atoms with E-state index in [2.05, 4.69) is 20.4 Å². The van der Waals surface area contributed by atoms with Gasteiger partial charge in [-0.15, -0.1) is 0 Å². The van der Waals surface area contributed by atoms with Crippen LogP contribution in [-0.4, -0.2) is 36.4 Å². The van der Waals surface area contributed by atoms with E-state index in [4.69, 9.17) is 9.47 Å². The summed E-state index contributed by atoms with van der Waals surface area (Å²) >= 11 is 0. The first-order valence-electron chi connectivity index (χ1n) is 10.8. The van der Waals surface area contributed by atoms with Crippen molar-refractivity contribution in [1.29, 1.82) is 0 Å². The summed E-state index contributed by atoms with van der Waals surface area (Å²) in [6, 6.07) is 0. The molecule has 0 aromatic carbocycles. The maximum Gasteiger partial charge on any atom is 0.302 e. The van der Waals surface area contributed by atoms with Gasteiger partial charge in [-0.25, -0.2) is 0 Å². The van der Waals surface area contributed by atoms with Crippen LogP contribution in [0.3, 0.4) is 0 Å². The zero-order valence-electron chi connectivity index (χ0n) is 18.4. The summed E-state index contributed by atoms with van der Waals surface area (Å²) in [6.07, 6.45) is 4.13. The first-order chi connectivity index (χ1) is 13.5. The molecule has 0 radical (unpaired) electrons. The van der Waals surface area contributed by atoms with Crippen molar-refractivity contribution in [2.45, 2.75) is 78.9 Å². The van der Waals surface area contributed by atoms with Crippen LogP contribution in [-0.2, 0) is 23.9 Å². The summed E-state index contributed by atoms with van der Waals surface area (Å²) in [6.45, 7) is 14.1. The number of rotatable bonds is 3. The van der Waals surface area contributed by atoms with Crippen LogP contribution in [0.4, 0.5) is 0 Å². The van der Waals surface area contributed by atoms with Gasteiger partial charge in [0.15, 0.2) is 5.78 Å². The van der Waals surface area contributed by atoms with E-state index in [1.54, 1.807) is 0 Å².